The van der Waals surface area contributed by atoms with E-state index in [1.165, 1.54) is 0 Å². The lowest BCUT2D eigenvalue weighted by molar-refractivity contribution is 0.0954. The van der Waals surface area contributed by atoms with Gasteiger partial charge in [0.15, 0.2) is 5.96 Å². The molecule has 0 aromatic heterocycles. The summed E-state index contributed by atoms with van der Waals surface area (Å²) in [6.45, 7) is 4.98. The molecule has 0 atom stereocenters. The number of ether oxygens (including phenoxy) is 1. The third kappa shape index (κ3) is 6.78. The van der Waals surface area contributed by atoms with Gasteiger partial charge in [0.1, 0.15) is 0 Å². The van der Waals surface area contributed by atoms with Gasteiger partial charge in [-0.15, -0.1) is 0 Å². The summed E-state index contributed by atoms with van der Waals surface area (Å²) in [7, 11) is 1.69. The van der Waals surface area contributed by atoms with E-state index in [1.54, 1.807) is 31.3 Å². The van der Waals surface area contributed by atoms with Gasteiger partial charge in [-0.05, 0) is 19.1 Å². The maximum atomic E-state index is 11.9. The molecule has 0 spiro atoms. The zero-order valence-corrected chi connectivity index (χ0v) is 13.7. The summed E-state index contributed by atoms with van der Waals surface area (Å²) in [6.07, 6.45) is 0. The van der Waals surface area contributed by atoms with Crippen molar-refractivity contribution in [1.82, 2.24) is 16.0 Å². The second-order valence-corrected chi connectivity index (χ2v) is 4.77. The smallest absolute Gasteiger partial charge is 0.252 e. The number of rotatable bonds is 8. The van der Waals surface area contributed by atoms with Crippen LogP contribution < -0.4 is 16.0 Å². The second-order valence-electron chi connectivity index (χ2n) is 4.36. The standard InChI is InChI=1S/C15H23ClN4O2/c1-3-22-11-10-20-15(17-2)19-9-8-18-14(21)12-6-4-5-7-13(12)16/h4-7H,3,8-11H2,1-2H3,(H,18,21)(H2,17,19,20). The highest BCUT2D eigenvalue weighted by Crippen LogP contribution is 2.14. The van der Waals surface area contributed by atoms with Crippen LogP contribution in [0.4, 0.5) is 0 Å². The molecule has 0 bridgehead atoms. The maximum absolute atomic E-state index is 11.9. The van der Waals surface area contributed by atoms with Gasteiger partial charge >= 0.3 is 0 Å². The molecule has 1 aromatic carbocycles. The first kappa shape index (κ1) is 18.3. The van der Waals surface area contributed by atoms with Crippen molar-refractivity contribution in [3.63, 3.8) is 0 Å². The third-order valence-electron chi connectivity index (χ3n) is 2.79. The summed E-state index contributed by atoms with van der Waals surface area (Å²) in [5, 5.41) is 9.46. The number of halogens is 1. The molecule has 0 saturated carbocycles. The number of carbonyl (C=O) groups excluding carboxylic acids is 1. The predicted octanol–water partition coefficient (Wildman–Crippen LogP) is 1.27. The lowest BCUT2D eigenvalue weighted by Gasteiger charge is -2.12. The van der Waals surface area contributed by atoms with Gasteiger partial charge < -0.3 is 20.7 Å². The topological polar surface area (TPSA) is 74.8 Å². The van der Waals surface area contributed by atoms with Crippen LogP contribution in [0, 0.1) is 0 Å². The minimum atomic E-state index is -0.188. The van der Waals surface area contributed by atoms with Gasteiger partial charge in [0.2, 0.25) is 0 Å². The Morgan fingerprint density at radius 1 is 1.18 bits per heavy atom. The molecule has 0 unspecified atom stereocenters. The Kier molecular flexibility index (Phi) is 9.02. The third-order valence-corrected chi connectivity index (χ3v) is 3.12. The van der Waals surface area contributed by atoms with E-state index in [1.807, 2.05) is 6.92 Å². The first-order valence-corrected chi connectivity index (χ1v) is 7.61. The molecule has 0 heterocycles. The van der Waals surface area contributed by atoms with Crippen LogP contribution in [0.3, 0.4) is 0 Å². The Balaban J connectivity index is 2.23. The lowest BCUT2D eigenvalue weighted by atomic mass is 10.2. The molecule has 0 radical (unpaired) electrons. The monoisotopic (exact) mass is 326 g/mol. The van der Waals surface area contributed by atoms with Crippen LogP contribution in [0.15, 0.2) is 29.3 Å². The first-order chi connectivity index (χ1) is 10.7. The van der Waals surface area contributed by atoms with Crippen molar-refractivity contribution in [1.29, 1.82) is 0 Å². The van der Waals surface area contributed by atoms with Gasteiger partial charge in [-0.2, -0.15) is 0 Å². The largest absolute Gasteiger partial charge is 0.380 e. The van der Waals surface area contributed by atoms with Crippen molar-refractivity contribution in [2.45, 2.75) is 6.92 Å². The van der Waals surface area contributed by atoms with E-state index in [9.17, 15) is 4.79 Å². The van der Waals surface area contributed by atoms with E-state index < -0.39 is 0 Å². The van der Waals surface area contributed by atoms with Crippen molar-refractivity contribution in [3.8, 4) is 0 Å². The SMILES string of the molecule is CCOCCNC(=NC)NCCNC(=O)c1ccccc1Cl. The molecule has 0 aliphatic heterocycles. The normalized spacial score (nSPS) is 11.1. The Bertz CT molecular complexity index is 494. The predicted molar refractivity (Wildman–Crippen MR) is 89.6 cm³/mol. The van der Waals surface area contributed by atoms with E-state index in [-0.39, 0.29) is 5.91 Å². The van der Waals surface area contributed by atoms with Gasteiger partial charge in [-0.25, -0.2) is 0 Å². The number of hydrogen-bond donors (Lipinski definition) is 3. The van der Waals surface area contributed by atoms with E-state index in [0.717, 1.165) is 0 Å². The van der Waals surface area contributed by atoms with Gasteiger partial charge in [0, 0.05) is 33.3 Å². The summed E-state index contributed by atoms with van der Waals surface area (Å²) < 4.78 is 5.23. The van der Waals surface area contributed by atoms with Gasteiger partial charge in [0.25, 0.3) is 5.91 Å². The molecule has 0 saturated heterocycles. The molecule has 6 nitrogen and oxygen atoms in total. The minimum absolute atomic E-state index is 0.188. The summed E-state index contributed by atoms with van der Waals surface area (Å²) >= 11 is 5.97. The van der Waals surface area contributed by atoms with Gasteiger partial charge in [0.05, 0.1) is 17.2 Å². The number of guanidine groups is 1. The molecule has 22 heavy (non-hydrogen) atoms. The van der Waals surface area contributed by atoms with E-state index in [2.05, 4.69) is 20.9 Å². The zero-order valence-electron chi connectivity index (χ0n) is 13.0. The highest BCUT2D eigenvalue weighted by Gasteiger charge is 2.08. The average Bonchev–Trinajstić information content (AvgIpc) is 2.53. The van der Waals surface area contributed by atoms with Crippen LogP contribution in [-0.4, -0.2) is 51.8 Å². The van der Waals surface area contributed by atoms with Crippen molar-refractivity contribution >= 4 is 23.5 Å². The number of hydrogen-bond acceptors (Lipinski definition) is 3. The zero-order chi connectivity index (χ0) is 16.2. The molecule has 0 fully saturated rings. The number of benzene rings is 1. The number of aliphatic imine (C=N–C) groups is 1. The van der Waals surface area contributed by atoms with Crippen molar-refractivity contribution in [3.05, 3.63) is 34.9 Å². The van der Waals surface area contributed by atoms with Crippen molar-refractivity contribution < 1.29 is 9.53 Å². The molecule has 0 aliphatic carbocycles. The summed E-state index contributed by atoms with van der Waals surface area (Å²) in [6, 6.07) is 6.96. The Hall–Kier alpha value is -1.79. The molecule has 0 aliphatic rings. The number of amides is 1. The Morgan fingerprint density at radius 2 is 1.86 bits per heavy atom. The molecular formula is C15H23ClN4O2. The summed E-state index contributed by atoms with van der Waals surface area (Å²) in [5.74, 6) is 0.485. The molecule has 1 rings (SSSR count). The summed E-state index contributed by atoms with van der Waals surface area (Å²) in [5.41, 5.74) is 0.475. The number of nitrogens with zero attached hydrogens (tertiary/aromatic N) is 1. The fourth-order valence-corrected chi connectivity index (χ4v) is 1.93. The van der Waals surface area contributed by atoms with Crippen LogP contribution >= 0.6 is 11.6 Å². The maximum Gasteiger partial charge on any atom is 0.252 e. The Labute approximate surface area is 136 Å². The first-order valence-electron chi connectivity index (χ1n) is 7.24. The van der Waals surface area contributed by atoms with Crippen LogP contribution in [0.25, 0.3) is 0 Å². The van der Waals surface area contributed by atoms with E-state index in [4.69, 9.17) is 16.3 Å². The Morgan fingerprint density at radius 3 is 2.55 bits per heavy atom. The molecular weight excluding hydrogens is 304 g/mol. The molecule has 3 N–H and O–H groups in total. The van der Waals surface area contributed by atoms with Crippen LogP contribution in [0.5, 0.6) is 0 Å². The van der Waals surface area contributed by atoms with Crippen molar-refractivity contribution in [2.24, 2.45) is 4.99 Å². The molecule has 7 heteroatoms. The fraction of sp³-hybridized carbons (Fsp3) is 0.467. The van der Waals surface area contributed by atoms with E-state index in [0.29, 0.717) is 49.4 Å². The summed E-state index contributed by atoms with van der Waals surface area (Å²) in [4.78, 5) is 16.0. The van der Waals surface area contributed by atoms with Gasteiger partial charge in [-0.3, -0.25) is 9.79 Å². The fourth-order valence-electron chi connectivity index (χ4n) is 1.70. The van der Waals surface area contributed by atoms with E-state index >= 15 is 0 Å². The highest BCUT2D eigenvalue weighted by molar-refractivity contribution is 6.33. The van der Waals surface area contributed by atoms with Crippen molar-refractivity contribution in [2.75, 3.05) is 39.9 Å². The molecule has 1 amide bonds. The second kappa shape index (κ2) is 10.9. The quantitative estimate of drug-likeness (QED) is 0.382. The van der Waals surface area contributed by atoms with Crippen LogP contribution in [-0.2, 0) is 4.74 Å². The van der Waals surface area contributed by atoms with Gasteiger partial charge in [-0.1, -0.05) is 23.7 Å². The van der Waals surface area contributed by atoms with Crippen LogP contribution in [0.1, 0.15) is 17.3 Å². The highest BCUT2D eigenvalue weighted by atomic mass is 35.5. The van der Waals surface area contributed by atoms with Crippen LogP contribution in [0.2, 0.25) is 5.02 Å². The average molecular weight is 327 g/mol. The minimum Gasteiger partial charge on any atom is -0.380 e. The number of nitrogens with one attached hydrogen (secondary N) is 3. The lowest BCUT2D eigenvalue weighted by Crippen LogP contribution is -2.42. The molecule has 122 valence electrons. The molecule has 1 aromatic rings. The number of carbonyl (C=O) groups is 1.